The van der Waals surface area contributed by atoms with E-state index in [-0.39, 0.29) is 23.2 Å². The molecule has 0 spiro atoms. The Balaban J connectivity index is 2.37. The van der Waals surface area contributed by atoms with E-state index in [4.69, 9.17) is 15.9 Å². The average molecular weight is 250 g/mol. The zero-order valence-corrected chi connectivity index (χ0v) is 9.02. The number of amidine groups is 1. The quantitative estimate of drug-likeness (QED) is 0.642. The first-order valence-electron chi connectivity index (χ1n) is 4.85. The van der Waals surface area contributed by atoms with E-state index >= 15 is 0 Å². The molecule has 0 unspecified atom stereocenters. The molecule has 0 saturated heterocycles. The summed E-state index contributed by atoms with van der Waals surface area (Å²) >= 11 is 0. The lowest BCUT2D eigenvalue weighted by Crippen LogP contribution is -2.15. The summed E-state index contributed by atoms with van der Waals surface area (Å²) < 4.78 is 31.1. The predicted molar refractivity (Wildman–Crippen MR) is 59.5 cm³/mol. The van der Waals surface area contributed by atoms with Gasteiger partial charge in [0.15, 0.2) is 5.69 Å². The maximum absolute atomic E-state index is 13.0. The topological polar surface area (TPSA) is 84.9 Å². The second-order valence-electron chi connectivity index (χ2n) is 3.33. The van der Waals surface area contributed by atoms with Crippen molar-refractivity contribution >= 4 is 5.84 Å². The van der Waals surface area contributed by atoms with Gasteiger partial charge >= 0.3 is 0 Å². The summed E-state index contributed by atoms with van der Waals surface area (Å²) in [4.78, 5) is 7.60. The Morgan fingerprint density at radius 2 is 1.72 bits per heavy atom. The molecule has 0 saturated carbocycles. The van der Waals surface area contributed by atoms with E-state index < -0.39 is 11.6 Å². The molecule has 1 aromatic carbocycles. The summed E-state index contributed by atoms with van der Waals surface area (Å²) in [6.45, 7) is 0. The molecule has 92 valence electrons. The third-order valence-corrected chi connectivity index (χ3v) is 1.97. The van der Waals surface area contributed by atoms with Crippen LogP contribution in [0.15, 0.2) is 30.6 Å². The van der Waals surface area contributed by atoms with Crippen molar-refractivity contribution in [1.29, 1.82) is 5.41 Å². The van der Waals surface area contributed by atoms with Crippen molar-refractivity contribution in [3.05, 3.63) is 47.9 Å². The number of nitrogens with two attached hydrogens (primary N) is 1. The molecule has 7 heteroatoms. The molecule has 5 nitrogen and oxygen atoms in total. The maximum Gasteiger partial charge on any atom is 0.249 e. The summed E-state index contributed by atoms with van der Waals surface area (Å²) in [6, 6.07) is 2.69. The fourth-order valence-corrected chi connectivity index (χ4v) is 1.28. The third kappa shape index (κ3) is 2.57. The van der Waals surface area contributed by atoms with Gasteiger partial charge in [-0.2, -0.15) is 0 Å². The first kappa shape index (κ1) is 11.9. The Hall–Kier alpha value is -2.57. The molecule has 1 heterocycles. The Morgan fingerprint density at radius 3 is 2.33 bits per heavy atom. The lowest BCUT2D eigenvalue weighted by atomic mass is 10.3. The normalized spacial score (nSPS) is 10.1. The molecule has 0 radical (unpaired) electrons. The molecule has 0 fully saturated rings. The minimum atomic E-state index is -0.779. The van der Waals surface area contributed by atoms with Crippen LogP contribution in [0.1, 0.15) is 5.69 Å². The number of halogens is 2. The van der Waals surface area contributed by atoms with Gasteiger partial charge in [-0.15, -0.1) is 0 Å². The van der Waals surface area contributed by atoms with Crippen LogP contribution in [0.25, 0.3) is 0 Å². The molecule has 1 aromatic heterocycles. The van der Waals surface area contributed by atoms with E-state index in [0.717, 1.165) is 18.2 Å². The van der Waals surface area contributed by atoms with Crippen LogP contribution in [-0.2, 0) is 0 Å². The van der Waals surface area contributed by atoms with Crippen molar-refractivity contribution in [3.8, 4) is 11.6 Å². The van der Waals surface area contributed by atoms with Gasteiger partial charge in [-0.25, -0.2) is 18.7 Å². The van der Waals surface area contributed by atoms with Gasteiger partial charge in [0.2, 0.25) is 5.88 Å². The van der Waals surface area contributed by atoms with Crippen molar-refractivity contribution in [2.45, 2.75) is 0 Å². The molecule has 0 aliphatic rings. The number of hydrogen-bond acceptors (Lipinski definition) is 4. The molecular weight excluding hydrogens is 242 g/mol. The molecule has 2 aromatic rings. The van der Waals surface area contributed by atoms with Crippen molar-refractivity contribution in [3.63, 3.8) is 0 Å². The maximum atomic E-state index is 13.0. The molecule has 18 heavy (non-hydrogen) atoms. The molecule has 3 N–H and O–H groups in total. The lowest BCUT2D eigenvalue weighted by Gasteiger charge is -2.07. The van der Waals surface area contributed by atoms with Gasteiger partial charge in [0, 0.05) is 30.6 Å². The average Bonchev–Trinajstić information content (AvgIpc) is 2.27. The van der Waals surface area contributed by atoms with Gasteiger partial charge in [0.25, 0.3) is 0 Å². The van der Waals surface area contributed by atoms with Crippen LogP contribution in [0.2, 0.25) is 0 Å². The summed E-state index contributed by atoms with van der Waals surface area (Å²) in [5.41, 5.74) is 5.28. The molecule has 2 rings (SSSR count). The minimum Gasteiger partial charge on any atom is -0.437 e. The largest absolute Gasteiger partial charge is 0.437 e. The Kier molecular flexibility index (Phi) is 3.13. The van der Waals surface area contributed by atoms with Gasteiger partial charge in [-0.3, -0.25) is 5.41 Å². The number of rotatable bonds is 3. The van der Waals surface area contributed by atoms with Crippen molar-refractivity contribution < 1.29 is 13.5 Å². The van der Waals surface area contributed by atoms with Crippen LogP contribution in [0.5, 0.6) is 11.6 Å². The molecular formula is C11H8F2N4O. The fraction of sp³-hybridized carbons (Fsp3) is 0. The SMILES string of the molecule is N=C(N)c1nccnc1Oc1cc(F)cc(F)c1. The second kappa shape index (κ2) is 4.74. The highest BCUT2D eigenvalue weighted by Crippen LogP contribution is 2.23. The van der Waals surface area contributed by atoms with E-state index in [2.05, 4.69) is 9.97 Å². The van der Waals surface area contributed by atoms with E-state index in [1.165, 1.54) is 12.4 Å². The number of benzene rings is 1. The van der Waals surface area contributed by atoms with Crippen LogP contribution >= 0.6 is 0 Å². The highest BCUT2D eigenvalue weighted by Gasteiger charge is 2.11. The van der Waals surface area contributed by atoms with Crippen molar-refractivity contribution in [2.24, 2.45) is 5.73 Å². The number of ether oxygens (including phenoxy) is 1. The van der Waals surface area contributed by atoms with Gasteiger partial charge in [0.1, 0.15) is 23.2 Å². The van der Waals surface area contributed by atoms with Gasteiger partial charge in [0.05, 0.1) is 0 Å². The Morgan fingerprint density at radius 1 is 1.11 bits per heavy atom. The van der Waals surface area contributed by atoms with E-state index in [1.807, 2.05) is 0 Å². The van der Waals surface area contributed by atoms with Gasteiger partial charge < -0.3 is 10.5 Å². The van der Waals surface area contributed by atoms with Crippen LogP contribution < -0.4 is 10.5 Å². The lowest BCUT2D eigenvalue weighted by molar-refractivity contribution is 0.447. The van der Waals surface area contributed by atoms with E-state index in [1.54, 1.807) is 0 Å². The Labute approximate surface area is 101 Å². The highest BCUT2D eigenvalue weighted by atomic mass is 19.1. The second-order valence-corrected chi connectivity index (χ2v) is 3.33. The smallest absolute Gasteiger partial charge is 0.249 e. The highest BCUT2D eigenvalue weighted by molar-refractivity contribution is 5.95. The number of nitrogen functional groups attached to an aromatic ring is 1. The molecule has 0 atom stereocenters. The number of nitrogens with zero attached hydrogens (tertiary/aromatic N) is 2. The standard InChI is InChI=1S/C11H8F2N4O/c12-6-3-7(13)5-8(4-6)18-11-9(10(14)15)16-1-2-17-11/h1-5H,(H3,14,15). The van der Waals surface area contributed by atoms with Crippen molar-refractivity contribution in [2.75, 3.05) is 0 Å². The van der Waals surface area contributed by atoms with E-state index in [9.17, 15) is 8.78 Å². The van der Waals surface area contributed by atoms with Crippen LogP contribution in [0, 0.1) is 17.0 Å². The minimum absolute atomic E-state index is 0.00201. The Bertz CT molecular complexity index is 583. The predicted octanol–water partition coefficient (Wildman–Crippen LogP) is 1.83. The summed E-state index contributed by atoms with van der Waals surface area (Å²) in [5, 5.41) is 7.27. The summed E-state index contributed by atoms with van der Waals surface area (Å²) in [7, 11) is 0. The zero-order valence-electron chi connectivity index (χ0n) is 9.02. The molecule has 0 aliphatic carbocycles. The number of nitrogens with one attached hydrogen (secondary N) is 1. The van der Waals surface area contributed by atoms with Gasteiger partial charge in [-0.1, -0.05) is 0 Å². The fourth-order valence-electron chi connectivity index (χ4n) is 1.28. The molecule has 0 aliphatic heterocycles. The summed E-state index contributed by atoms with van der Waals surface area (Å²) in [5.74, 6) is -2.09. The first-order valence-corrected chi connectivity index (χ1v) is 4.85. The zero-order chi connectivity index (χ0) is 13.1. The molecule has 0 bridgehead atoms. The van der Waals surface area contributed by atoms with E-state index in [0.29, 0.717) is 0 Å². The molecule has 0 amide bonds. The van der Waals surface area contributed by atoms with Crippen LogP contribution in [-0.4, -0.2) is 15.8 Å². The monoisotopic (exact) mass is 250 g/mol. The van der Waals surface area contributed by atoms with Crippen molar-refractivity contribution in [1.82, 2.24) is 9.97 Å². The number of hydrogen-bond donors (Lipinski definition) is 2. The first-order chi connectivity index (χ1) is 8.56. The third-order valence-electron chi connectivity index (χ3n) is 1.97. The van der Waals surface area contributed by atoms with Crippen LogP contribution in [0.4, 0.5) is 8.78 Å². The van der Waals surface area contributed by atoms with Crippen LogP contribution in [0.3, 0.4) is 0 Å². The summed E-state index contributed by atoms with van der Waals surface area (Å²) in [6.07, 6.45) is 2.65. The number of aromatic nitrogens is 2. The van der Waals surface area contributed by atoms with Gasteiger partial charge in [-0.05, 0) is 0 Å².